The topological polar surface area (TPSA) is 112 Å². The number of rotatable bonds is 13. The number of nitrogens with zero attached hydrogens (tertiary/aromatic N) is 10. The summed E-state index contributed by atoms with van der Waals surface area (Å²) in [5, 5.41) is 1.76. The average Bonchev–Trinajstić information content (AvgIpc) is 1.65. The third kappa shape index (κ3) is 12.8. The minimum absolute atomic E-state index is 0.158. The Balaban J connectivity index is 0.000000158. The molecule has 468 valence electrons. The average molecular weight is 1260 g/mol. The van der Waals surface area contributed by atoms with Crippen molar-refractivity contribution in [3.63, 3.8) is 0 Å². The first-order chi connectivity index (χ1) is 44.1. The second kappa shape index (κ2) is 28.3. The van der Waals surface area contributed by atoms with Crippen LogP contribution in [0.5, 0.6) is 0 Å². The predicted molar refractivity (Wildman–Crippen MR) is 374 cm³/mol. The Kier molecular flexibility index (Phi) is 19.6. The fourth-order valence-corrected chi connectivity index (χ4v) is 18.2. The molecule has 4 aromatic heterocycles. The number of hydrogen-bond acceptors (Lipinski definition) is 10. The lowest BCUT2D eigenvalue weighted by Crippen LogP contribution is -2.47. The summed E-state index contributed by atoms with van der Waals surface area (Å²) in [6.45, 7) is 17.8. The van der Waals surface area contributed by atoms with Gasteiger partial charge in [0.25, 0.3) is 11.1 Å². The van der Waals surface area contributed by atoms with Crippen LogP contribution < -0.4 is 11.1 Å². The molecule has 2 fully saturated rings. The molecule has 6 atom stereocenters. The number of fused-ring (bicyclic) bond motifs is 8. The van der Waals surface area contributed by atoms with Crippen LogP contribution in [0.15, 0.2) is 151 Å². The van der Waals surface area contributed by atoms with Crippen LogP contribution >= 0.6 is 32.1 Å². The summed E-state index contributed by atoms with van der Waals surface area (Å²) in [4.78, 5) is 52.3. The van der Waals surface area contributed by atoms with Gasteiger partial charge in [-0.25, -0.2) is 19.9 Å². The van der Waals surface area contributed by atoms with Crippen LogP contribution in [0.4, 0.5) is 0 Å². The number of aryl methyl sites for hydroxylation is 2. The normalized spacial score (nSPS) is 23.5. The first-order valence-corrected chi connectivity index (χ1v) is 37.4. The van der Waals surface area contributed by atoms with Crippen molar-refractivity contribution in [3.05, 3.63) is 203 Å². The van der Waals surface area contributed by atoms with Crippen LogP contribution in [-0.4, -0.2) is 111 Å². The molecule has 6 aliphatic heterocycles. The predicted octanol–water partition coefficient (Wildman–Crippen LogP) is 13.6. The Morgan fingerprint density at radius 1 is 0.667 bits per heavy atom. The molecular weight excluding hydrogens is 1170 g/mol. The molecule has 0 saturated carbocycles. The van der Waals surface area contributed by atoms with E-state index in [1.165, 1.54) is 50.8 Å². The third-order valence-electron chi connectivity index (χ3n) is 20.7. The van der Waals surface area contributed by atoms with Gasteiger partial charge in [-0.1, -0.05) is 120 Å². The second-order valence-electron chi connectivity index (χ2n) is 26.1. The molecule has 2 saturated heterocycles. The minimum atomic E-state index is 0.158. The van der Waals surface area contributed by atoms with E-state index >= 15 is 0 Å². The van der Waals surface area contributed by atoms with Crippen LogP contribution in [0.2, 0.25) is 0 Å². The first kappa shape index (κ1) is 62.5. The molecule has 9 aliphatic rings. The van der Waals surface area contributed by atoms with Gasteiger partial charge in [0, 0.05) is 103 Å². The number of likely N-dealkylation sites (tertiary alicyclic amines) is 2. The first-order valence-electron chi connectivity index (χ1n) is 33.4. The SMILES string of the molecule is C#C/C=C\C(=C/C)CC1CC(C2C3=C(CCC=C3)Cn3c2nc2c3CCC=C2)CCN1CCc1c(C)nc2n(c1=O)CCS2.CPC.Cc1nc2n(c(=O)c1CCN1CCC(C3C4=C(CCC=C4)Cn4c3nc3ccccc34)CC1Cc1ccccc1)CCS2. The van der Waals surface area contributed by atoms with E-state index in [2.05, 4.69) is 148 Å². The lowest BCUT2D eigenvalue weighted by Gasteiger charge is -2.44. The quantitative estimate of drug-likeness (QED) is 0.0480. The number of hydrogen-bond donors (Lipinski definition) is 0. The Morgan fingerprint density at radius 3 is 1.84 bits per heavy atom. The molecule has 0 bridgehead atoms. The number of aromatic nitrogens is 8. The molecule has 90 heavy (non-hydrogen) atoms. The number of benzene rings is 2. The standard InChI is InChI=1S/C37H43N5OS.C36H39N5OS.C2H7P/c1-4-6-11-26(5-2)22-29-23-27(16-18-40(29)19-17-30-25(3)38-37-41(36(30)43)20-21-44-37)34-31-13-8-7-12-28(31)24-42-33-15-10-9-14-32(33)39-35(34)42;1-24-29(35(42)40-19-20-43-36(40)37-24)16-18-39-17-15-26(22-28(39)21-25-9-3-2-4-10-25)33-30-12-6-5-11-27(30)23-41-32-14-8-7-13-31(32)38-34(33)41;1-3-2/h1,5-6,8-9,11,13-14,27,29,34H,7,10,12,15-24H2,2-3H3;2-4,6-10,12-14,26,28,33H,5,11,15-23H2,1H3;3H,1-2H3/b11-6-,26-5+;;. The van der Waals surface area contributed by atoms with E-state index in [4.69, 9.17) is 26.4 Å². The van der Waals surface area contributed by atoms with Gasteiger partial charge in [-0.15, -0.1) is 15.0 Å². The summed E-state index contributed by atoms with van der Waals surface area (Å²) in [5.41, 5.74) is 17.9. The Labute approximate surface area is 543 Å². The number of para-hydroxylation sites is 2. The molecular formula is C75H89N10O2PS2. The summed E-state index contributed by atoms with van der Waals surface area (Å²) < 4.78 is 8.87. The highest BCUT2D eigenvalue weighted by Crippen LogP contribution is 2.49. The number of thioether (sulfide) groups is 2. The maximum absolute atomic E-state index is 13.4. The molecule has 6 aromatic rings. The van der Waals surface area contributed by atoms with Gasteiger partial charge < -0.3 is 9.13 Å². The molecule has 12 nitrogen and oxygen atoms in total. The minimum Gasteiger partial charge on any atom is -0.327 e. The van der Waals surface area contributed by atoms with Crippen molar-refractivity contribution >= 4 is 49.2 Å². The van der Waals surface area contributed by atoms with Gasteiger partial charge in [-0.3, -0.25) is 28.5 Å². The van der Waals surface area contributed by atoms with Crippen molar-refractivity contribution in [3.8, 4) is 12.3 Å². The van der Waals surface area contributed by atoms with Crippen molar-refractivity contribution < 1.29 is 0 Å². The fraction of sp³-hybridized carbons (Fsp3) is 0.467. The van der Waals surface area contributed by atoms with Crippen molar-refractivity contribution in [2.75, 3.05) is 51.0 Å². The Morgan fingerprint density at radius 2 is 1.22 bits per heavy atom. The van der Waals surface area contributed by atoms with Crippen LogP contribution in [0.1, 0.15) is 134 Å². The van der Waals surface area contributed by atoms with Gasteiger partial charge in [-0.2, -0.15) is 0 Å². The second-order valence-corrected chi connectivity index (χ2v) is 29.2. The molecule has 0 N–H and O–H groups in total. The fourth-order valence-electron chi connectivity index (χ4n) is 16.3. The Bertz CT molecular complexity index is 4060. The highest BCUT2D eigenvalue weighted by Gasteiger charge is 2.43. The zero-order valence-corrected chi connectivity index (χ0v) is 56.1. The van der Waals surface area contributed by atoms with E-state index in [-0.39, 0.29) is 11.1 Å². The van der Waals surface area contributed by atoms with Crippen LogP contribution in [0.25, 0.3) is 17.1 Å². The maximum Gasteiger partial charge on any atom is 0.257 e. The van der Waals surface area contributed by atoms with Gasteiger partial charge >= 0.3 is 0 Å². The van der Waals surface area contributed by atoms with E-state index in [0.717, 1.165) is 201 Å². The summed E-state index contributed by atoms with van der Waals surface area (Å²) in [7, 11) is 1.08. The van der Waals surface area contributed by atoms with Gasteiger partial charge in [0.2, 0.25) is 0 Å². The monoisotopic (exact) mass is 1260 g/mol. The van der Waals surface area contributed by atoms with Crippen LogP contribution in [0, 0.1) is 38.0 Å². The number of piperidine rings is 2. The lowest BCUT2D eigenvalue weighted by molar-refractivity contribution is 0.103. The Hall–Kier alpha value is -6.33. The van der Waals surface area contributed by atoms with Crippen LogP contribution in [-0.2, 0) is 51.9 Å². The molecule has 2 aromatic carbocycles. The summed E-state index contributed by atoms with van der Waals surface area (Å²) >= 11 is 3.38. The van der Waals surface area contributed by atoms with E-state index in [1.807, 2.05) is 29.1 Å². The summed E-state index contributed by atoms with van der Waals surface area (Å²) in [5.74, 6) is 8.80. The molecule has 6 unspecified atom stereocenters. The maximum atomic E-state index is 13.4. The highest BCUT2D eigenvalue weighted by atomic mass is 32.2. The van der Waals surface area contributed by atoms with Crippen molar-refractivity contribution in [1.29, 1.82) is 0 Å². The van der Waals surface area contributed by atoms with E-state index in [0.29, 0.717) is 35.8 Å². The summed E-state index contributed by atoms with van der Waals surface area (Å²) in [6.07, 6.45) is 40.6. The van der Waals surface area contributed by atoms with Crippen molar-refractivity contribution in [2.45, 2.75) is 171 Å². The summed E-state index contributed by atoms with van der Waals surface area (Å²) in [6, 6.07) is 20.4. The van der Waals surface area contributed by atoms with Crippen molar-refractivity contribution in [2.24, 2.45) is 11.8 Å². The highest BCUT2D eigenvalue weighted by molar-refractivity contribution is 7.99. The van der Waals surface area contributed by atoms with Crippen LogP contribution in [0.3, 0.4) is 0 Å². The molecule has 0 amide bonds. The molecule has 15 rings (SSSR count). The van der Waals surface area contributed by atoms with Gasteiger partial charge in [0.15, 0.2) is 10.3 Å². The molecule has 0 spiro atoms. The molecule has 10 heterocycles. The zero-order valence-electron chi connectivity index (χ0n) is 53.5. The molecule has 0 radical (unpaired) electrons. The molecule has 3 aliphatic carbocycles. The van der Waals surface area contributed by atoms with E-state index in [9.17, 15) is 9.59 Å². The van der Waals surface area contributed by atoms with E-state index < -0.39 is 0 Å². The van der Waals surface area contributed by atoms with E-state index in [1.54, 1.807) is 34.7 Å². The van der Waals surface area contributed by atoms with Gasteiger partial charge in [0.05, 0.1) is 16.7 Å². The largest absolute Gasteiger partial charge is 0.327 e. The lowest BCUT2D eigenvalue weighted by atomic mass is 9.72. The number of allylic oxidation sites excluding steroid dienone is 12. The number of imidazole rings is 2. The number of terminal acetylenes is 1. The van der Waals surface area contributed by atoms with Gasteiger partial charge in [0.1, 0.15) is 11.6 Å². The smallest absolute Gasteiger partial charge is 0.257 e. The van der Waals surface area contributed by atoms with Crippen molar-refractivity contribution in [1.82, 2.24) is 48.0 Å². The zero-order chi connectivity index (χ0) is 61.8. The molecule has 15 heteroatoms. The van der Waals surface area contributed by atoms with Gasteiger partial charge in [-0.05, 0) is 201 Å². The third-order valence-corrected chi connectivity index (χ3v) is 22.6.